The molecule has 0 saturated heterocycles. The van der Waals surface area contributed by atoms with Crippen LogP contribution in [0.2, 0.25) is 0 Å². The molecule has 3 heteroatoms. The highest BCUT2D eigenvalue weighted by molar-refractivity contribution is 4.64. The first-order valence-corrected chi connectivity index (χ1v) is 5.20. The molecule has 0 saturated carbocycles. The number of aliphatic hydroxyl groups excluding tert-OH is 1. The van der Waals surface area contributed by atoms with Crippen LogP contribution in [0.25, 0.3) is 0 Å². The summed E-state index contributed by atoms with van der Waals surface area (Å²) >= 11 is 0. The van der Waals surface area contributed by atoms with Gasteiger partial charge in [-0.05, 0) is 46.7 Å². The number of nitrogens with zero attached hydrogens (tertiary/aromatic N) is 1. The van der Waals surface area contributed by atoms with Crippen molar-refractivity contribution in [2.45, 2.75) is 45.8 Å². The molecule has 0 aromatic rings. The number of nitrogens with two attached hydrogens (primary N) is 1. The van der Waals surface area contributed by atoms with Crippen LogP contribution in [0.1, 0.15) is 33.6 Å². The zero-order valence-corrected chi connectivity index (χ0v) is 9.16. The van der Waals surface area contributed by atoms with Crippen LogP contribution in [0.15, 0.2) is 0 Å². The lowest BCUT2D eigenvalue weighted by Crippen LogP contribution is -2.34. The van der Waals surface area contributed by atoms with E-state index in [0.717, 1.165) is 32.5 Å². The van der Waals surface area contributed by atoms with Gasteiger partial charge in [-0.3, -0.25) is 0 Å². The number of hydrogen-bond donors (Lipinski definition) is 2. The molecule has 3 nitrogen and oxygen atoms in total. The third-order valence-corrected chi connectivity index (χ3v) is 2.21. The van der Waals surface area contributed by atoms with Crippen LogP contribution in [-0.2, 0) is 0 Å². The normalized spacial score (nSPS) is 14.1. The van der Waals surface area contributed by atoms with E-state index < -0.39 is 0 Å². The van der Waals surface area contributed by atoms with Gasteiger partial charge in [0.25, 0.3) is 0 Å². The van der Waals surface area contributed by atoms with Crippen molar-refractivity contribution in [2.24, 2.45) is 5.73 Å². The quantitative estimate of drug-likeness (QED) is 0.622. The molecule has 0 bridgehead atoms. The minimum absolute atomic E-state index is 0.195. The zero-order valence-electron chi connectivity index (χ0n) is 9.16. The second-order valence-electron chi connectivity index (χ2n) is 3.91. The molecule has 0 rings (SSSR count). The molecule has 0 aliphatic carbocycles. The first kappa shape index (κ1) is 12.9. The molecule has 80 valence electrons. The van der Waals surface area contributed by atoms with Crippen molar-refractivity contribution in [3.63, 3.8) is 0 Å². The molecule has 0 fully saturated rings. The molecular formula is C10H24N2O. The second kappa shape index (κ2) is 7.30. The van der Waals surface area contributed by atoms with Gasteiger partial charge < -0.3 is 15.7 Å². The Kier molecular flexibility index (Phi) is 7.23. The van der Waals surface area contributed by atoms with E-state index in [1.54, 1.807) is 0 Å². The Bertz CT molecular complexity index is 115. The molecule has 0 heterocycles. The van der Waals surface area contributed by atoms with Gasteiger partial charge in [0.1, 0.15) is 0 Å². The molecule has 0 amide bonds. The minimum Gasteiger partial charge on any atom is -0.393 e. The number of aliphatic hydroxyl groups is 1. The van der Waals surface area contributed by atoms with E-state index in [2.05, 4.69) is 18.7 Å². The fourth-order valence-corrected chi connectivity index (χ4v) is 1.28. The van der Waals surface area contributed by atoms with Gasteiger partial charge in [0.15, 0.2) is 0 Å². The first-order chi connectivity index (χ1) is 6.07. The van der Waals surface area contributed by atoms with Crippen molar-refractivity contribution in [2.75, 3.05) is 19.6 Å². The van der Waals surface area contributed by atoms with Crippen LogP contribution in [0.5, 0.6) is 0 Å². The van der Waals surface area contributed by atoms with E-state index >= 15 is 0 Å². The van der Waals surface area contributed by atoms with Gasteiger partial charge in [-0.25, -0.2) is 0 Å². The predicted octanol–water partition coefficient (Wildman–Crippen LogP) is 0.816. The molecule has 0 aromatic heterocycles. The minimum atomic E-state index is -0.195. The molecule has 0 aliphatic rings. The Balaban J connectivity index is 3.67. The van der Waals surface area contributed by atoms with Crippen molar-refractivity contribution < 1.29 is 5.11 Å². The molecule has 3 N–H and O–H groups in total. The summed E-state index contributed by atoms with van der Waals surface area (Å²) in [6.07, 6.45) is 1.69. The lowest BCUT2D eigenvalue weighted by Gasteiger charge is -2.26. The standard InChI is InChI=1S/C10H24N2O/c1-9(2)12(7-4-6-11)8-5-10(3)13/h9-10,13H,4-8,11H2,1-3H3. The number of rotatable bonds is 7. The average molecular weight is 188 g/mol. The fraction of sp³-hybridized carbons (Fsp3) is 1.00. The Morgan fingerprint density at radius 3 is 2.23 bits per heavy atom. The van der Waals surface area contributed by atoms with Crippen LogP contribution in [0.4, 0.5) is 0 Å². The molecule has 1 unspecified atom stereocenters. The molecule has 1 atom stereocenters. The van der Waals surface area contributed by atoms with Gasteiger partial charge in [0.2, 0.25) is 0 Å². The van der Waals surface area contributed by atoms with Crippen molar-refractivity contribution >= 4 is 0 Å². The topological polar surface area (TPSA) is 49.5 Å². The highest BCUT2D eigenvalue weighted by atomic mass is 16.3. The highest BCUT2D eigenvalue weighted by Gasteiger charge is 2.09. The summed E-state index contributed by atoms with van der Waals surface area (Å²) < 4.78 is 0. The van der Waals surface area contributed by atoms with Crippen molar-refractivity contribution in [3.8, 4) is 0 Å². The molecule has 0 aromatic carbocycles. The van der Waals surface area contributed by atoms with Gasteiger partial charge >= 0.3 is 0 Å². The van der Waals surface area contributed by atoms with E-state index in [1.165, 1.54) is 0 Å². The summed E-state index contributed by atoms with van der Waals surface area (Å²) in [6.45, 7) is 8.95. The Labute approximate surface area is 81.9 Å². The van der Waals surface area contributed by atoms with Crippen LogP contribution < -0.4 is 5.73 Å². The summed E-state index contributed by atoms with van der Waals surface area (Å²) in [4.78, 5) is 2.36. The summed E-state index contributed by atoms with van der Waals surface area (Å²) in [5.41, 5.74) is 5.46. The predicted molar refractivity (Wildman–Crippen MR) is 56.7 cm³/mol. The zero-order chi connectivity index (χ0) is 10.3. The van der Waals surface area contributed by atoms with Crippen LogP contribution in [0, 0.1) is 0 Å². The molecule has 0 aliphatic heterocycles. The number of hydrogen-bond acceptors (Lipinski definition) is 3. The van der Waals surface area contributed by atoms with Gasteiger partial charge in [-0.15, -0.1) is 0 Å². The maximum Gasteiger partial charge on any atom is 0.0524 e. The third-order valence-electron chi connectivity index (χ3n) is 2.21. The van der Waals surface area contributed by atoms with E-state index in [4.69, 9.17) is 10.8 Å². The Morgan fingerprint density at radius 2 is 1.85 bits per heavy atom. The third kappa shape index (κ3) is 6.99. The van der Waals surface area contributed by atoms with E-state index in [1.807, 2.05) is 6.92 Å². The summed E-state index contributed by atoms with van der Waals surface area (Å²) in [7, 11) is 0. The molecule has 0 spiro atoms. The fourth-order valence-electron chi connectivity index (χ4n) is 1.28. The van der Waals surface area contributed by atoms with E-state index in [-0.39, 0.29) is 6.10 Å². The van der Waals surface area contributed by atoms with Crippen molar-refractivity contribution in [1.29, 1.82) is 0 Å². The van der Waals surface area contributed by atoms with Crippen LogP contribution in [-0.4, -0.2) is 41.8 Å². The van der Waals surface area contributed by atoms with Crippen LogP contribution >= 0.6 is 0 Å². The van der Waals surface area contributed by atoms with Gasteiger partial charge in [-0.2, -0.15) is 0 Å². The Morgan fingerprint density at radius 1 is 1.23 bits per heavy atom. The summed E-state index contributed by atoms with van der Waals surface area (Å²) in [5, 5.41) is 9.16. The second-order valence-corrected chi connectivity index (χ2v) is 3.91. The van der Waals surface area contributed by atoms with Gasteiger partial charge in [0, 0.05) is 12.6 Å². The molecule has 13 heavy (non-hydrogen) atoms. The van der Waals surface area contributed by atoms with Crippen molar-refractivity contribution in [1.82, 2.24) is 4.90 Å². The summed E-state index contributed by atoms with van der Waals surface area (Å²) in [5.74, 6) is 0. The molecule has 0 radical (unpaired) electrons. The van der Waals surface area contributed by atoms with Gasteiger partial charge in [-0.1, -0.05) is 0 Å². The van der Waals surface area contributed by atoms with E-state index in [0.29, 0.717) is 6.04 Å². The van der Waals surface area contributed by atoms with Crippen molar-refractivity contribution in [3.05, 3.63) is 0 Å². The maximum absolute atomic E-state index is 9.16. The first-order valence-electron chi connectivity index (χ1n) is 5.20. The largest absolute Gasteiger partial charge is 0.393 e. The smallest absolute Gasteiger partial charge is 0.0524 e. The lowest BCUT2D eigenvalue weighted by molar-refractivity contribution is 0.142. The maximum atomic E-state index is 9.16. The SMILES string of the molecule is CC(O)CCN(CCCN)C(C)C. The lowest BCUT2D eigenvalue weighted by atomic mass is 10.2. The highest BCUT2D eigenvalue weighted by Crippen LogP contribution is 2.02. The summed E-state index contributed by atoms with van der Waals surface area (Å²) in [6, 6.07) is 0.547. The van der Waals surface area contributed by atoms with Gasteiger partial charge in [0.05, 0.1) is 6.10 Å². The van der Waals surface area contributed by atoms with E-state index in [9.17, 15) is 0 Å². The van der Waals surface area contributed by atoms with Crippen LogP contribution in [0.3, 0.4) is 0 Å². The monoisotopic (exact) mass is 188 g/mol. The average Bonchev–Trinajstić information content (AvgIpc) is 2.03. The molecular weight excluding hydrogens is 164 g/mol. The Hall–Kier alpha value is -0.120.